The minimum atomic E-state index is 0.100. The summed E-state index contributed by atoms with van der Waals surface area (Å²) in [6, 6.07) is 2.49. The van der Waals surface area contributed by atoms with Gasteiger partial charge in [-0.3, -0.25) is 9.48 Å². The van der Waals surface area contributed by atoms with Crippen LogP contribution in [-0.2, 0) is 16.0 Å². The maximum atomic E-state index is 11.5. The van der Waals surface area contributed by atoms with E-state index in [1.807, 2.05) is 23.9 Å². The molecule has 0 bridgehead atoms. The molecule has 0 radical (unpaired) electrons. The number of ketones is 1. The van der Waals surface area contributed by atoms with E-state index < -0.39 is 0 Å². The molecule has 0 spiro atoms. The second-order valence-electron chi connectivity index (χ2n) is 4.58. The third kappa shape index (κ3) is 3.40. The molecule has 1 aromatic rings. The van der Waals surface area contributed by atoms with Crippen molar-refractivity contribution in [3.8, 4) is 0 Å². The van der Waals surface area contributed by atoms with Crippen LogP contribution < -0.4 is 0 Å². The van der Waals surface area contributed by atoms with Crippen molar-refractivity contribution in [1.29, 1.82) is 0 Å². The summed E-state index contributed by atoms with van der Waals surface area (Å²) in [6.07, 6.45) is 7.41. The van der Waals surface area contributed by atoms with Crippen molar-refractivity contribution in [2.24, 2.45) is 0 Å². The van der Waals surface area contributed by atoms with Crippen LogP contribution in [0.5, 0.6) is 0 Å². The summed E-state index contributed by atoms with van der Waals surface area (Å²) in [7, 11) is 0. The Morgan fingerprint density at radius 3 is 3.00 bits per heavy atom. The third-order valence-corrected chi connectivity index (χ3v) is 3.21. The summed E-state index contributed by atoms with van der Waals surface area (Å²) >= 11 is 0. The van der Waals surface area contributed by atoms with Crippen LogP contribution in [0.15, 0.2) is 12.3 Å². The fraction of sp³-hybridized carbons (Fsp3) is 0.692. The third-order valence-electron chi connectivity index (χ3n) is 3.21. The van der Waals surface area contributed by atoms with Gasteiger partial charge in [0.2, 0.25) is 0 Å². The Morgan fingerprint density at radius 1 is 1.53 bits per heavy atom. The molecular formula is C13H20N2O2. The molecule has 17 heavy (non-hydrogen) atoms. The largest absolute Gasteiger partial charge is 0.374 e. The van der Waals surface area contributed by atoms with E-state index in [0.29, 0.717) is 19.1 Å². The first-order valence-electron chi connectivity index (χ1n) is 6.43. The van der Waals surface area contributed by atoms with Gasteiger partial charge in [-0.25, -0.2) is 0 Å². The van der Waals surface area contributed by atoms with Gasteiger partial charge in [0.15, 0.2) is 5.78 Å². The van der Waals surface area contributed by atoms with Gasteiger partial charge in [0.05, 0.1) is 18.2 Å². The Hall–Kier alpha value is -1.16. The molecule has 1 aromatic heterocycles. The smallest absolute Gasteiger partial charge is 0.164 e. The Labute approximate surface area is 102 Å². The first-order valence-corrected chi connectivity index (χ1v) is 6.43. The van der Waals surface area contributed by atoms with E-state index in [0.717, 1.165) is 5.69 Å². The van der Waals surface area contributed by atoms with E-state index in [2.05, 4.69) is 5.10 Å². The number of aromatic nitrogens is 2. The van der Waals surface area contributed by atoms with Crippen molar-refractivity contribution in [3.05, 3.63) is 18.0 Å². The van der Waals surface area contributed by atoms with E-state index in [4.69, 9.17) is 4.74 Å². The van der Waals surface area contributed by atoms with Crippen molar-refractivity contribution >= 4 is 5.78 Å². The fourth-order valence-electron chi connectivity index (χ4n) is 2.31. The van der Waals surface area contributed by atoms with Gasteiger partial charge in [-0.15, -0.1) is 0 Å². The maximum Gasteiger partial charge on any atom is 0.164 e. The highest BCUT2D eigenvalue weighted by atomic mass is 16.5. The molecule has 0 N–H and O–H groups in total. The second-order valence-corrected chi connectivity index (χ2v) is 4.58. The average Bonchev–Trinajstić information content (AvgIpc) is 2.95. The number of rotatable bonds is 6. The lowest BCUT2D eigenvalue weighted by molar-refractivity contribution is -0.122. The molecule has 0 atom stereocenters. The van der Waals surface area contributed by atoms with Crippen molar-refractivity contribution in [3.63, 3.8) is 0 Å². The molecule has 4 heteroatoms. The number of nitrogens with zero attached hydrogens (tertiary/aromatic N) is 2. The van der Waals surface area contributed by atoms with Gasteiger partial charge in [0.25, 0.3) is 0 Å². The molecule has 1 fully saturated rings. The summed E-state index contributed by atoms with van der Waals surface area (Å²) in [5.41, 5.74) is 0.863. The van der Waals surface area contributed by atoms with E-state index in [1.165, 1.54) is 25.7 Å². The van der Waals surface area contributed by atoms with Crippen LogP contribution in [0.4, 0.5) is 0 Å². The number of hydrogen-bond donors (Lipinski definition) is 0. The summed E-state index contributed by atoms with van der Waals surface area (Å²) in [5, 5.41) is 4.48. The molecule has 0 aromatic carbocycles. The first kappa shape index (κ1) is 12.3. The fourth-order valence-corrected chi connectivity index (χ4v) is 2.31. The Bertz CT molecular complexity index is 367. The number of hydrogen-bond acceptors (Lipinski definition) is 3. The van der Waals surface area contributed by atoms with Crippen molar-refractivity contribution < 1.29 is 9.53 Å². The van der Waals surface area contributed by atoms with E-state index in [1.54, 1.807) is 0 Å². The molecule has 94 valence electrons. The lowest BCUT2D eigenvalue weighted by Gasteiger charge is -2.08. The molecule has 1 aliphatic carbocycles. The van der Waals surface area contributed by atoms with Gasteiger partial charge in [-0.05, 0) is 25.8 Å². The topological polar surface area (TPSA) is 44.1 Å². The van der Waals surface area contributed by atoms with Crippen LogP contribution in [-0.4, -0.2) is 28.8 Å². The van der Waals surface area contributed by atoms with Gasteiger partial charge in [-0.1, -0.05) is 12.8 Å². The molecule has 0 unspecified atom stereocenters. The normalized spacial score (nSPS) is 16.5. The van der Waals surface area contributed by atoms with Crippen LogP contribution in [0.1, 0.15) is 44.3 Å². The molecule has 1 aliphatic rings. The van der Waals surface area contributed by atoms with E-state index >= 15 is 0 Å². The van der Waals surface area contributed by atoms with Gasteiger partial charge in [0.1, 0.15) is 6.61 Å². The van der Waals surface area contributed by atoms with Crippen molar-refractivity contribution in [1.82, 2.24) is 9.78 Å². The van der Waals surface area contributed by atoms with Crippen LogP contribution in [0.2, 0.25) is 0 Å². The first-order chi connectivity index (χ1) is 8.29. The number of carbonyl (C=O) groups is 1. The zero-order valence-corrected chi connectivity index (χ0v) is 10.4. The standard InChI is InChI=1S/C13H20N2O2/c1-2-17-10-13(16)9-11-7-8-15(14-11)12-5-3-4-6-12/h7-8,12H,2-6,9-10H2,1H3. The van der Waals surface area contributed by atoms with Gasteiger partial charge in [-0.2, -0.15) is 5.10 Å². The minimum absolute atomic E-state index is 0.100. The highest BCUT2D eigenvalue weighted by molar-refractivity contribution is 5.81. The maximum absolute atomic E-state index is 11.5. The predicted molar refractivity (Wildman–Crippen MR) is 64.9 cm³/mol. The molecule has 2 rings (SSSR count). The predicted octanol–water partition coefficient (Wildman–Crippen LogP) is 2.15. The highest BCUT2D eigenvalue weighted by Crippen LogP contribution is 2.28. The Balaban J connectivity index is 1.87. The number of ether oxygens (including phenoxy) is 1. The highest BCUT2D eigenvalue weighted by Gasteiger charge is 2.17. The van der Waals surface area contributed by atoms with Crippen LogP contribution in [0.3, 0.4) is 0 Å². The van der Waals surface area contributed by atoms with Gasteiger partial charge < -0.3 is 4.74 Å². The molecular weight excluding hydrogens is 216 g/mol. The zero-order valence-electron chi connectivity index (χ0n) is 10.4. The molecule has 1 saturated carbocycles. The van der Waals surface area contributed by atoms with Gasteiger partial charge in [0, 0.05) is 12.8 Å². The minimum Gasteiger partial charge on any atom is -0.374 e. The molecule has 0 saturated heterocycles. The number of carbonyl (C=O) groups excluding carboxylic acids is 1. The molecule has 0 amide bonds. The Morgan fingerprint density at radius 2 is 2.29 bits per heavy atom. The van der Waals surface area contributed by atoms with Gasteiger partial charge >= 0.3 is 0 Å². The lowest BCUT2D eigenvalue weighted by atomic mass is 10.2. The summed E-state index contributed by atoms with van der Waals surface area (Å²) in [4.78, 5) is 11.5. The molecule has 4 nitrogen and oxygen atoms in total. The van der Waals surface area contributed by atoms with E-state index in [9.17, 15) is 4.79 Å². The Kier molecular flexibility index (Phi) is 4.31. The van der Waals surface area contributed by atoms with E-state index in [-0.39, 0.29) is 12.4 Å². The second kappa shape index (κ2) is 5.96. The van der Waals surface area contributed by atoms with Crippen LogP contribution in [0, 0.1) is 0 Å². The van der Waals surface area contributed by atoms with Crippen molar-refractivity contribution in [2.45, 2.75) is 45.1 Å². The zero-order chi connectivity index (χ0) is 12.1. The number of Topliss-reactive ketones (excluding diaryl/α,β-unsaturated/α-hetero) is 1. The summed E-state index contributed by atoms with van der Waals surface area (Å²) in [6.45, 7) is 2.68. The monoisotopic (exact) mass is 236 g/mol. The summed E-state index contributed by atoms with van der Waals surface area (Å²) in [5.74, 6) is 0.100. The van der Waals surface area contributed by atoms with Crippen LogP contribution >= 0.6 is 0 Å². The van der Waals surface area contributed by atoms with Crippen molar-refractivity contribution in [2.75, 3.05) is 13.2 Å². The van der Waals surface area contributed by atoms with Crippen LogP contribution in [0.25, 0.3) is 0 Å². The average molecular weight is 236 g/mol. The molecule has 1 heterocycles. The lowest BCUT2D eigenvalue weighted by Crippen LogP contribution is -2.12. The molecule has 0 aliphatic heterocycles. The SMILES string of the molecule is CCOCC(=O)Cc1ccn(C2CCCC2)n1. The summed E-state index contributed by atoms with van der Waals surface area (Å²) < 4.78 is 7.11. The quantitative estimate of drug-likeness (QED) is 0.760.